The molecule has 0 aliphatic rings. The van der Waals surface area contributed by atoms with E-state index in [9.17, 15) is 4.79 Å². The van der Waals surface area contributed by atoms with E-state index in [1.165, 1.54) is 0 Å². The first-order valence-corrected chi connectivity index (χ1v) is 6.56. The molecule has 1 N–H and O–H groups in total. The van der Waals surface area contributed by atoms with Crippen LogP contribution in [0.3, 0.4) is 0 Å². The highest BCUT2D eigenvalue weighted by Crippen LogP contribution is 2.30. The van der Waals surface area contributed by atoms with Crippen molar-refractivity contribution in [3.05, 3.63) is 66.5 Å². The Kier molecular flexibility index (Phi) is 3.51. The van der Waals surface area contributed by atoms with Crippen molar-refractivity contribution in [3.8, 4) is 5.75 Å². The van der Waals surface area contributed by atoms with Gasteiger partial charge in [-0.1, -0.05) is 30.3 Å². The van der Waals surface area contributed by atoms with E-state index in [4.69, 9.17) is 4.74 Å². The molecule has 2 aromatic carbocycles. The van der Waals surface area contributed by atoms with E-state index >= 15 is 0 Å². The zero-order valence-electron chi connectivity index (χ0n) is 11.5. The first-order valence-electron chi connectivity index (χ1n) is 6.56. The van der Waals surface area contributed by atoms with E-state index < -0.39 is 0 Å². The summed E-state index contributed by atoms with van der Waals surface area (Å²) in [4.78, 5) is 16.4. The van der Waals surface area contributed by atoms with Crippen molar-refractivity contribution in [1.29, 1.82) is 0 Å². The topological polar surface area (TPSA) is 51.2 Å². The molecule has 0 radical (unpaired) electrons. The van der Waals surface area contributed by atoms with Crippen molar-refractivity contribution in [2.45, 2.75) is 0 Å². The highest BCUT2D eigenvalue weighted by molar-refractivity contribution is 6.10. The second-order valence-electron chi connectivity index (χ2n) is 4.56. The van der Waals surface area contributed by atoms with E-state index in [1.807, 2.05) is 30.3 Å². The van der Waals surface area contributed by atoms with Crippen molar-refractivity contribution in [2.75, 3.05) is 12.4 Å². The summed E-state index contributed by atoms with van der Waals surface area (Å²) in [6.45, 7) is 0. The lowest BCUT2D eigenvalue weighted by molar-refractivity contribution is 0.102. The maximum Gasteiger partial charge on any atom is 0.259 e. The number of ether oxygens (including phenoxy) is 1. The molecule has 0 bridgehead atoms. The Morgan fingerprint density at radius 1 is 1.05 bits per heavy atom. The Labute approximate surface area is 122 Å². The van der Waals surface area contributed by atoms with Gasteiger partial charge >= 0.3 is 0 Å². The zero-order chi connectivity index (χ0) is 14.7. The fourth-order valence-electron chi connectivity index (χ4n) is 2.28. The summed E-state index contributed by atoms with van der Waals surface area (Å²) in [6, 6.07) is 15.0. The van der Waals surface area contributed by atoms with Crippen LogP contribution in [0, 0.1) is 0 Å². The molecule has 0 aliphatic carbocycles. The molecular weight excluding hydrogens is 264 g/mol. The van der Waals surface area contributed by atoms with Crippen LogP contribution in [0.15, 0.2) is 60.9 Å². The Balaban J connectivity index is 2.02. The molecule has 1 aromatic heterocycles. The average molecular weight is 278 g/mol. The lowest BCUT2D eigenvalue weighted by atomic mass is 10.0. The van der Waals surface area contributed by atoms with Crippen LogP contribution >= 0.6 is 0 Å². The number of aromatic nitrogens is 1. The number of carbonyl (C=O) groups is 1. The number of nitrogens with one attached hydrogen (secondary N) is 1. The molecule has 0 spiro atoms. The monoisotopic (exact) mass is 278 g/mol. The van der Waals surface area contributed by atoms with Crippen molar-refractivity contribution in [1.82, 2.24) is 4.98 Å². The molecular formula is C17H14N2O2. The molecule has 0 aliphatic heterocycles. The Bertz CT molecular complexity index is 785. The van der Waals surface area contributed by atoms with Crippen LogP contribution in [0.4, 0.5) is 5.69 Å². The van der Waals surface area contributed by atoms with Crippen LogP contribution < -0.4 is 10.1 Å². The van der Waals surface area contributed by atoms with Crippen molar-refractivity contribution < 1.29 is 9.53 Å². The summed E-state index contributed by atoms with van der Waals surface area (Å²) in [5.41, 5.74) is 1.21. The number of anilines is 1. The van der Waals surface area contributed by atoms with Gasteiger partial charge in [0.1, 0.15) is 5.75 Å². The van der Waals surface area contributed by atoms with Gasteiger partial charge in [-0.2, -0.15) is 0 Å². The van der Waals surface area contributed by atoms with Crippen LogP contribution in [0.1, 0.15) is 10.4 Å². The third kappa shape index (κ3) is 2.56. The number of hydrogen-bond acceptors (Lipinski definition) is 3. The largest absolute Gasteiger partial charge is 0.495 e. The number of carbonyl (C=O) groups excluding carboxylic acids is 1. The van der Waals surface area contributed by atoms with E-state index in [-0.39, 0.29) is 5.91 Å². The number of amides is 1. The minimum atomic E-state index is -0.205. The molecule has 21 heavy (non-hydrogen) atoms. The number of nitrogens with zero attached hydrogens (tertiary/aromatic N) is 1. The fraction of sp³-hybridized carbons (Fsp3) is 0.0588. The van der Waals surface area contributed by atoms with Gasteiger partial charge in [0.05, 0.1) is 12.7 Å². The maximum absolute atomic E-state index is 12.4. The summed E-state index contributed by atoms with van der Waals surface area (Å²) in [6.07, 6.45) is 3.26. The summed E-state index contributed by atoms with van der Waals surface area (Å²) < 4.78 is 5.44. The van der Waals surface area contributed by atoms with E-state index in [1.54, 1.807) is 37.7 Å². The van der Waals surface area contributed by atoms with E-state index in [0.29, 0.717) is 17.0 Å². The minimum absolute atomic E-state index is 0.205. The Morgan fingerprint density at radius 3 is 2.57 bits per heavy atom. The summed E-state index contributed by atoms with van der Waals surface area (Å²) in [5.74, 6) is 0.378. The first kappa shape index (κ1) is 13.1. The molecule has 1 amide bonds. The molecule has 0 fully saturated rings. The summed E-state index contributed by atoms with van der Waals surface area (Å²) in [7, 11) is 1.57. The summed E-state index contributed by atoms with van der Waals surface area (Å²) >= 11 is 0. The van der Waals surface area contributed by atoms with E-state index in [0.717, 1.165) is 10.8 Å². The average Bonchev–Trinajstić information content (AvgIpc) is 2.54. The summed E-state index contributed by atoms with van der Waals surface area (Å²) in [5, 5.41) is 4.79. The van der Waals surface area contributed by atoms with Crippen molar-refractivity contribution in [2.24, 2.45) is 0 Å². The quantitative estimate of drug-likeness (QED) is 0.797. The first-order chi connectivity index (χ1) is 10.3. The lowest BCUT2D eigenvalue weighted by Gasteiger charge is -2.12. The van der Waals surface area contributed by atoms with Gasteiger partial charge in [0.2, 0.25) is 0 Å². The van der Waals surface area contributed by atoms with Crippen LogP contribution in [-0.2, 0) is 0 Å². The second-order valence-corrected chi connectivity index (χ2v) is 4.56. The van der Waals surface area contributed by atoms with Gasteiger partial charge in [0.25, 0.3) is 5.91 Å². The van der Waals surface area contributed by atoms with Crippen molar-refractivity contribution in [3.63, 3.8) is 0 Å². The number of rotatable bonds is 3. The molecule has 4 nitrogen and oxygen atoms in total. The smallest absolute Gasteiger partial charge is 0.259 e. The number of methoxy groups -OCH3 is 1. The number of hydrogen-bond donors (Lipinski definition) is 1. The molecule has 104 valence electrons. The Morgan fingerprint density at radius 2 is 1.81 bits per heavy atom. The van der Waals surface area contributed by atoms with Crippen LogP contribution in [0.2, 0.25) is 0 Å². The van der Waals surface area contributed by atoms with Gasteiger partial charge in [0.15, 0.2) is 0 Å². The molecule has 0 unspecified atom stereocenters. The number of benzene rings is 2. The predicted molar refractivity (Wildman–Crippen MR) is 82.7 cm³/mol. The van der Waals surface area contributed by atoms with Gasteiger partial charge in [-0.25, -0.2) is 0 Å². The molecule has 3 aromatic rings. The predicted octanol–water partition coefficient (Wildman–Crippen LogP) is 3.50. The van der Waals surface area contributed by atoms with Gasteiger partial charge in [-0.05, 0) is 23.6 Å². The molecule has 3 rings (SSSR count). The third-order valence-electron chi connectivity index (χ3n) is 3.27. The van der Waals surface area contributed by atoms with Gasteiger partial charge in [-0.15, -0.1) is 0 Å². The van der Waals surface area contributed by atoms with Crippen molar-refractivity contribution >= 4 is 22.4 Å². The SMILES string of the molecule is COc1c(C(=O)Nc2ccncc2)ccc2ccccc12. The third-order valence-corrected chi connectivity index (χ3v) is 3.27. The van der Waals surface area contributed by atoms with Gasteiger partial charge in [0, 0.05) is 23.5 Å². The molecule has 0 saturated carbocycles. The molecule has 1 heterocycles. The fourth-order valence-corrected chi connectivity index (χ4v) is 2.28. The second kappa shape index (κ2) is 5.63. The highest BCUT2D eigenvalue weighted by Gasteiger charge is 2.15. The van der Waals surface area contributed by atoms with E-state index in [2.05, 4.69) is 10.3 Å². The zero-order valence-corrected chi connectivity index (χ0v) is 11.5. The maximum atomic E-state index is 12.4. The standard InChI is InChI=1S/C17H14N2O2/c1-21-16-14-5-3-2-4-12(14)6-7-15(16)17(20)19-13-8-10-18-11-9-13/h2-11H,1H3,(H,18,19,20). The Hall–Kier alpha value is -2.88. The van der Waals surface area contributed by atoms with Gasteiger partial charge in [-0.3, -0.25) is 9.78 Å². The normalized spacial score (nSPS) is 10.3. The lowest BCUT2D eigenvalue weighted by Crippen LogP contribution is -2.13. The molecule has 0 saturated heterocycles. The van der Waals surface area contributed by atoms with Crippen LogP contribution in [0.25, 0.3) is 10.8 Å². The molecule has 0 atom stereocenters. The van der Waals surface area contributed by atoms with Gasteiger partial charge < -0.3 is 10.1 Å². The van der Waals surface area contributed by atoms with Crippen LogP contribution in [-0.4, -0.2) is 18.0 Å². The highest BCUT2D eigenvalue weighted by atomic mass is 16.5. The number of pyridine rings is 1. The van der Waals surface area contributed by atoms with Crippen LogP contribution in [0.5, 0.6) is 5.75 Å². The number of fused-ring (bicyclic) bond motifs is 1. The minimum Gasteiger partial charge on any atom is -0.495 e. The molecule has 4 heteroatoms.